The number of phenols is 1. The highest BCUT2D eigenvalue weighted by molar-refractivity contribution is 5.70. The van der Waals surface area contributed by atoms with Gasteiger partial charge in [0.05, 0.1) is 0 Å². The molecule has 94 valence electrons. The van der Waals surface area contributed by atoms with Gasteiger partial charge in [-0.1, -0.05) is 6.08 Å². The van der Waals surface area contributed by atoms with Crippen LogP contribution in [0.1, 0.15) is 61.6 Å². The fourth-order valence-electron chi connectivity index (χ4n) is 3.87. The fourth-order valence-corrected chi connectivity index (χ4v) is 3.87. The summed E-state index contributed by atoms with van der Waals surface area (Å²) in [5, 5.41) is 10.3. The fraction of sp³-hybridized carbons (Fsp3) is 0.500. The Balaban J connectivity index is 1.98. The van der Waals surface area contributed by atoms with E-state index in [1.807, 2.05) is 6.07 Å². The van der Waals surface area contributed by atoms with Crippen LogP contribution in [0, 0.1) is 0 Å². The van der Waals surface area contributed by atoms with Crippen LogP contribution in [0.3, 0.4) is 0 Å². The number of fused-ring (bicyclic) bond motifs is 7. The summed E-state index contributed by atoms with van der Waals surface area (Å²) < 4.78 is 6.17. The summed E-state index contributed by atoms with van der Waals surface area (Å²) >= 11 is 0. The molecule has 0 spiro atoms. The Labute approximate surface area is 107 Å². The molecule has 1 fully saturated rings. The van der Waals surface area contributed by atoms with Gasteiger partial charge in [-0.15, -0.1) is 0 Å². The van der Waals surface area contributed by atoms with Gasteiger partial charge >= 0.3 is 0 Å². The summed E-state index contributed by atoms with van der Waals surface area (Å²) in [5.41, 5.74) is 3.28. The summed E-state index contributed by atoms with van der Waals surface area (Å²) in [7, 11) is 0. The van der Waals surface area contributed by atoms with Crippen LogP contribution in [0.5, 0.6) is 11.5 Å². The monoisotopic (exact) mass is 242 g/mol. The standard InChI is InChI=1S/C16H18O2/c1-16(2)6-5-11-8-12(17)13-9-3-4-10(7-9)14(13)15(11)18-16/h5-6,8-10,17H,3-4,7H2,1-2H3. The van der Waals surface area contributed by atoms with Gasteiger partial charge in [-0.25, -0.2) is 0 Å². The first kappa shape index (κ1) is 10.5. The average Bonchev–Trinajstić information content (AvgIpc) is 2.90. The average molecular weight is 242 g/mol. The maximum atomic E-state index is 10.3. The Morgan fingerprint density at radius 1 is 1.22 bits per heavy atom. The minimum atomic E-state index is -0.237. The summed E-state index contributed by atoms with van der Waals surface area (Å²) in [4.78, 5) is 0. The second-order valence-corrected chi connectivity index (χ2v) is 6.39. The van der Waals surface area contributed by atoms with E-state index in [1.165, 1.54) is 30.4 Å². The molecule has 18 heavy (non-hydrogen) atoms. The van der Waals surface area contributed by atoms with E-state index in [2.05, 4.69) is 26.0 Å². The van der Waals surface area contributed by atoms with Crippen molar-refractivity contribution in [3.05, 3.63) is 28.8 Å². The zero-order valence-corrected chi connectivity index (χ0v) is 10.9. The molecule has 2 atom stereocenters. The molecule has 0 amide bonds. The second kappa shape index (κ2) is 3.11. The Bertz CT molecular complexity index is 569. The van der Waals surface area contributed by atoms with Gasteiger partial charge in [0.25, 0.3) is 0 Å². The molecule has 2 heteroatoms. The SMILES string of the molecule is CC1(C)C=Cc2cc(O)c3c(c2O1)C1CCC3C1. The molecule has 0 aromatic heterocycles. The van der Waals surface area contributed by atoms with Crippen LogP contribution in [0.2, 0.25) is 0 Å². The van der Waals surface area contributed by atoms with Crippen molar-refractivity contribution in [3.63, 3.8) is 0 Å². The quantitative estimate of drug-likeness (QED) is 0.746. The number of ether oxygens (including phenoxy) is 1. The van der Waals surface area contributed by atoms with E-state index in [0.29, 0.717) is 17.6 Å². The predicted molar refractivity (Wildman–Crippen MR) is 71.2 cm³/mol. The first-order chi connectivity index (χ1) is 8.55. The first-order valence-electron chi connectivity index (χ1n) is 6.83. The largest absolute Gasteiger partial charge is 0.508 e. The highest BCUT2D eigenvalue weighted by Gasteiger charge is 2.43. The molecule has 1 aromatic carbocycles. The molecule has 4 rings (SSSR count). The zero-order chi connectivity index (χ0) is 12.5. The molecule has 1 saturated carbocycles. The van der Waals surface area contributed by atoms with Gasteiger partial charge in [0, 0.05) is 16.7 Å². The van der Waals surface area contributed by atoms with Crippen LogP contribution in [0.25, 0.3) is 6.08 Å². The van der Waals surface area contributed by atoms with Gasteiger partial charge in [0.2, 0.25) is 0 Å². The van der Waals surface area contributed by atoms with Gasteiger partial charge in [0.1, 0.15) is 17.1 Å². The third-order valence-corrected chi connectivity index (χ3v) is 4.64. The lowest BCUT2D eigenvalue weighted by Gasteiger charge is -2.32. The molecule has 1 aromatic rings. The van der Waals surface area contributed by atoms with E-state index < -0.39 is 0 Å². The second-order valence-electron chi connectivity index (χ2n) is 6.39. The zero-order valence-electron chi connectivity index (χ0n) is 10.9. The molecule has 0 radical (unpaired) electrons. The smallest absolute Gasteiger partial charge is 0.131 e. The first-order valence-corrected chi connectivity index (χ1v) is 6.83. The van der Waals surface area contributed by atoms with Crippen LogP contribution in [-0.4, -0.2) is 10.7 Å². The molecule has 1 N–H and O–H groups in total. The topological polar surface area (TPSA) is 29.5 Å². The summed E-state index contributed by atoms with van der Waals surface area (Å²) in [6, 6.07) is 1.88. The Hall–Kier alpha value is -1.44. The molecule has 0 saturated heterocycles. The number of rotatable bonds is 0. The van der Waals surface area contributed by atoms with Gasteiger partial charge in [-0.3, -0.25) is 0 Å². The normalized spacial score (nSPS) is 29.9. The van der Waals surface area contributed by atoms with Gasteiger partial charge in [0.15, 0.2) is 0 Å². The van der Waals surface area contributed by atoms with Crippen molar-refractivity contribution in [1.29, 1.82) is 0 Å². The lowest BCUT2D eigenvalue weighted by atomic mass is 9.87. The van der Waals surface area contributed by atoms with Crippen molar-refractivity contribution in [2.45, 2.75) is 50.5 Å². The maximum absolute atomic E-state index is 10.3. The van der Waals surface area contributed by atoms with Crippen LogP contribution in [-0.2, 0) is 0 Å². The van der Waals surface area contributed by atoms with Crippen molar-refractivity contribution in [2.24, 2.45) is 0 Å². The van der Waals surface area contributed by atoms with Crippen LogP contribution in [0.15, 0.2) is 12.1 Å². The Morgan fingerprint density at radius 3 is 2.72 bits per heavy atom. The number of phenolic OH excluding ortho intramolecular Hbond substituents is 1. The van der Waals surface area contributed by atoms with Crippen LogP contribution >= 0.6 is 0 Å². The molecule has 1 heterocycles. The summed E-state index contributed by atoms with van der Waals surface area (Å²) in [6.45, 7) is 4.16. The molecule has 3 aliphatic rings. The Kier molecular flexibility index (Phi) is 1.81. The highest BCUT2D eigenvalue weighted by atomic mass is 16.5. The number of benzene rings is 1. The lowest BCUT2D eigenvalue weighted by molar-refractivity contribution is 0.156. The van der Waals surface area contributed by atoms with Crippen LogP contribution in [0.4, 0.5) is 0 Å². The number of hydrogen-bond acceptors (Lipinski definition) is 2. The summed E-state index contributed by atoms with van der Waals surface area (Å²) in [5.74, 6) is 2.67. The molecule has 2 nitrogen and oxygen atoms in total. The van der Waals surface area contributed by atoms with Gasteiger partial charge in [-0.05, 0) is 57.1 Å². The predicted octanol–water partition coefficient (Wildman–Crippen LogP) is 3.94. The van der Waals surface area contributed by atoms with Crippen LogP contribution < -0.4 is 4.74 Å². The maximum Gasteiger partial charge on any atom is 0.131 e. The molecule has 2 aliphatic carbocycles. The van der Waals surface area contributed by atoms with Crippen molar-refractivity contribution in [1.82, 2.24) is 0 Å². The van der Waals surface area contributed by atoms with Crippen molar-refractivity contribution in [2.75, 3.05) is 0 Å². The van der Waals surface area contributed by atoms with E-state index in [4.69, 9.17) is 4.74 Å². The number of hydrogen-bond donors (Lipinski definition) is 1. The Morgan fingerprint density at radius 2 is 1.94 bits per heavy atom. The molecular weight excluding hydrogens is 224 g/mol. The minimum Gasteiger partial charge on any atom is -0.508 e. The molecule has 2 bridgehead atoms. The number of aromatic hydroxyl groups is 1. The van der Waals surface area contributed by atoms with Crippen molar-refractivity contribution in [3.8, 4) is 11.5 Å². The van der Waals surface area contributed by atoms with Crippen molar-refractivity contribution < 1.29 is 9.84 Å². The summed E-state index contributed by atoms with van der Waals surface area (Å²) in [6.07, 6.45) is 7.83. The lowest BCUT2D eigenvalue weighted by Crippen LogP contribution is -2.28. The van der Waals surface area contributed by atoms with E-state index in [0.717, 1.165) is 11.3 Å². The highest BCUT2D eigenvalue weighted by Crippen LogP contribution is 2.60. The molecule has 1 aliphatic heterocycles. The van der Waals surface area contributed by atoms with Gasteiger partial charge in [-0.2, -0.15) is 0 Å². The van der Waals surface area contributed by atoms with Gasteiger partial charge < -0.3 is 9.84 Å². The van der Waals surface area contributed by atoms with E-state index in [-0.39, 0.29) is 5.60 Å². The van der Waals surface area contributed by atoms with E-state index in [9.17, 15) is 5.11 Å². The molecular formula is C16H18O2. The van der Waals surface area contributed by atoms with E-state index in [1.54, 1.807) is 0 Å². The third kappa shape index (κ3) is 1.23. The molecule has 2 unspecified atom stereocenters. The van der Waals surface area contributed by atoms with Crippen molar-refractivity contribution >= 4 is 6.08 Å². The third-order valence-electron chi connectivity index (χ3n) is 4.64. The minimum absolute atomic E-state index is 0.237. The van der Waals surface area contributed by atoms with E-state index >= 15 is 0 Å².